The average Bonchev–Trinajstić information content (AvgIpc) is 2.28. The first-order valence-electron chi connectivity index (χ1n) is 6.01. The van der Waals surface area contributed by atoms with Crippen LogP contribution in [0.4, 0.5) is 0 Å². The summed E-state index contributed by atoms with van der Waals surface area (Å²) in [4.78, 5) is 22.0. The zero-order valence-corrected chi connectivity index (χ0v) is 11.0. The molecule has 96 valence electrons. The van der Waals surface area contributed by atoms with Crippen molar-refractivity contribution in [3.05, 3.63) is 34.9 Å². The fourth-order valence-corrected chi connectivity index (χ4v) is 2.73. The first-order valence-corrected chi connectivity index (χ1v) is 6.39. The minimum Gasteiger partial charge on any atom is -0.353 e. The van der Waals surface area contributed by atoms with E-state index in [0.717, 1.165) is 31.2 Å². The Morgan fingerprint density at radius 2 is 2.06 bits per heavy atom. The van der Waals surface area contributed by atoms with Crippen LogP contribution in [-0.4, -0.2) is 17.7 Å². The Kier molecular flexibility index (Phi) is 3.71. The van der Waals surface area contributed by atoms with Gasteiger partial charge in [-0.05, 0) is 43.9 Å². The number of carbonyl (C=O) groups excluding carboxylic acids is 2. The fraction of sp³-hybridized carbons (Fsp3) is 0.429. The third-order valence-electron chi connectivity index (χ3n) is 3.67. The van der Waals surface area contributed by atoms with Crippen LogP contribution in [-0.2, 0) is 16.0 Å². The van der Waals surface area contributed by atoms with E-state index >= 15 is 0 Å². The molecule has 1 fully saturated rings. The summed E-state index contributed by atoms with van der Waals surface area (Å²) < 4.78 is 0. The zero-order valence-electron chi connectivity index (χ0n) is 10.3. The Morgan fingerprint density at radius 3 is 2.56 bits per heavy atom. The molecule has 2 rings (SSSR count). The summed E-state index contributed by atoms with van der Waals surface area (Å²) in [6, 6.07) is 7.59. The third kappa shape index (κ3) is 2.72. The quantitative estimate of drug-likeness (QED) is 0.831. The van der Waals surface area contributed by atoms with Gasteiger partial charge in [-0.25, -0.2) is 0 Å². The van der Waals surface area contributed by atoms with Gasteiger partial charge in [-0.2, -0.15) is 0 Å². The monoisotopic (exact) mass is 265 g/mol. The van der Waals surface area contributed by atoms with E-state index in [4.69, 9.17) is 11.6 Å². The van der Waals surface area contributed by atoms with Gasteiger partial charge in [-0.1, -0.05) is 23.7 Å². The molecule has 0 atom stereocenters. The molecule has 1 saturated carbocycles. The van der Waals surface area contributed by atoms with Crippen molar-refractivity contribution in [1.29, 1.82) is 0 Å². The van der Waals surface area contributed by atoms with Crippen molar-refractivity contribution >= 4 is 23.8 Å². The molecular formula is C14H16ClNO2. The van der Waals surface area contributed by atoms with Crippen molar-refractivity contribution in [2.45, 2.75) is 31.7 Å². The predicted molar refractivity (Wildman–Crippen MR) is 70.5 cm³/mol. The SMILES string of the molecule is CC(=O)C1CC(Cc2ccc(Cl)cc2)(NC=O)C1. The molecule has 18 heavy (non-hydrogen) atoms. The van der Waals surface area contributed by atoms with Gasteiger partial charge in [0.05, 0.1) is 0 Å². The lowest BCUT2D eigenvalue weighted by atomic mass is 9.64. The standard InChI is InChI=1S/C14H16ClNO2/c1-10(18)12-7-14(8-12,16-9-17)6-11-2-4-13(15)5-3-11/h2-5,9,12H,6-8H2,1H3,(H,16,17). The van der Waals surface area contributed by atoms with E-state index in [1.54, 1.807) is 6.92 Å². The summed E-state index contributed by atoms with van der Waals surface area (Å²) in [7, 11) is 0. The number of ketones is 1. The van der Waals surface area contributed by atoms with Gasteiger partial charge in [0.1, 0.15) is 5.78 Å². The molecule has 0 aliphatic heterocycles. The molecule has 1 aliphatic rings. The van der Waals surface area contributed by atoms with Crippen LogP contribution < -0.4 is 5.32 Å². The summed E-state index contributed by atoms with van der Waals surface area (Å²) in [5.74, 6) is 0.291. The Balaban J connectivity index is 2.06. The van der Waals surface area contributed by atoms with Crippen LogP contribution in [0.15, 0.2) is 24.3 Å². The molecule has 1 N–H and O–H groups in total. The highest BCUT2D eigenvalue weighted by Crippen LogP contribution is 2.40. The summed E-state index contributed by atoms with van der Waals surface area (Å²) >= 11 is 5.84. The maximum absolute atomic E-state index is 11.3. The number of rotatable bonds is 5. The molecule has 1 amide bonds. The number of carbonyl (C=O) groups is 2. The summed E-state index contributed by atoms with van der Waals surface area (Å²) in [6.07, 6.45) is 2.92. The van der Waals surface area contributed by atoms with Crippen LogP contribution in [0.25, 0.3) is 0 Å². The first kappa shape index (κ1) is 13.1. The Labute approximate surface area is 112 Å². The average molecular weight is 266 g/mol. The lowest BCUT2D eigenvalue weighted by molar-refractivity contribution is -0.128. The van der Waals surface area contributed by atoms with E-state index in [1.165, 1.54) is 0 Å². The molecule has 0 unspecified atom stereocenters. The highest BCUT2D eigenvalue weighted by atomic mass is 35.5. The second-order valence-electron chi connectivity index (χ2n) is 5.06. The lowest BCUT2D eigenvalue weighted by Crippen LogP contribution is -2.57. The number of nitrogens with one attached hydrogen (secondary N) is 1. The van der Waals surface area contributed by atoms with Crippen LogP contribution in [0.3, 0.4) is 0 Å². The normalized spacial score (nSPS) is 26.2. The second kappa shape index (κ2) is 5.11. The Bertz CT molecular complexity index is 449. The Hall–Kier alpha value is -1.35. The molecule has 3 nitrogen and oxygen atoms in total. The van der Waals surface area contributed by atoms with Gasteiger partial charge >= 0.3 is 0 Å². The van der Waals surface area contributed by atoms with Crippen molar-refractivity contribution < 1.29 is 9.59 Å². The highest BCUT2D eigenvalue weighted by molar-refractivity contribution is 6.30. The number of halogens is 1. The fourth-order valence-electron chi connectivity index (χ4n) is 2.60. The molecule has 0 radical (unpaired) electrons. The van der Waals surface area contributed by atoms with E-state index in [9.17, 15) is 9.59 Å². The molecule has 0 spiro atoms. The van der Waals surface area contributed by atoms with Crippen molar-refractivity contribution in [1.82, 2.24) is 5.32 Å². The van der Waals surface area contributed by atoms with Gasteiger partial charge in [-0.15, -0.1) is 0 Å². The van der Waals surface area contributed by atoms with Gasteiger partial charge in [0.2, 0.25) is 6.41 Å². The van der Waals surface area contributed by atoms with Crippen molar-refractivity contribution in [3.8, 4) is 0 Å². The lowest BCUT2D eigenvalue weighted by Gasteiger charge is -2.46. The van der Waals surface area contributed by atoms with Crippen LogP contribution in [0, 0.1) is 5.92 Å². The molecule has 4 heteroatoms. The molecule has 1 aromatic rings. The number of benzene rings is 1. The maximum Gasteiger partial charge on any atom is 0.207 e. The van der Waals surface area contributed by atoms with Crippen molar-refractivity contribution in [2.24, 2.45) is 5.92 Å². The van der Waals surface area contributed by atoms with E-state index in [2.05, 4.69) is 5.32 Å². The summed E-state index contributed by atoms with van der Waals surface area (Å²) in [6.45, 7) is 1.61. The van der Waals surface area contributed by atoms with Gasteiger partial charge in [0.15, 0.2) is 0 Å². The largest absolute Gasteiger partial charge is 0.353 e. The Morgan fingerprint density at radius 1 is 1.44 bits per heavy atom. The third-order valence-corrected chi connectivity index (χ3v) is 3.92. The second-order valence-corrected chi connectivity index (χ2v) is 5.50. The number of Topliss-reactive ketones (excluding diaryl/α,β-unsaturated/α-hetero) is 1. The predicted octanol–water partition coefficient (Wildman–Crippen LogP) is 2.37. The number of hydrogen-bond donors (Lipinski definition) is 1. The minimum absolute atomic E-state index is 0.0877. The van der Waals surface area contributed by atoms with Crippen LogP contribution in [0.1, 0.15) is 25.3 Å². The van der Waals surface area contributed by atoms with Crippen molar-refractivity contribution in [3.63, 3.8) is 0 Å². The van der Waals surface area contributed by atoms with Crippen LogP contribution in [0.5, 0.6) is 0 Å². The topological polar surface area (TPSA) is 46.2 Å². The minimum atomic E-state index is -0.258. The molecule has 0 bridgehead atoms. The smallest absolute Gasteiger partial charge is 0.207 e. The number of hydrogen-bond acceptors (Lipinski definition) is 2. The van der Waals surface area contributed by atoms with E-state index in [0.29, 0.717) is 5.02 Å². The summed E-state index contributed by atoms with van der Waals surface area (Å²) in [5, 5.41) is 3.58. The maximum atomic E-state index is 11.3. The molecule has 1 aliphatic carbocycles. The molecule has 0 saturated heterocycles. The van der Waals surface area contributed by atoms with Gasteiger partial charge < -0.3 is 5.32 Å². The van der Waals surface area contributed by atoms with E-state index < -0.39 is 0 Å². The van der Waals surface area contributed by atoms with Gasteiger partial charge in [0, 0.05) is 16.5 Å². The number of amides is 1. The van der Waals surface area contributed by atoms with Gasteiger partial charge in [0.25, 0.3) is 0 Å². The van der Waals surface area contributed by atoms with Crippen LogP contribution in [0.2, 0.25) is 5.02 Å². The highest BCUT2D eigenvalue weighted by Gasteiger charge is 2.45. The molecular weight excluding hydrogens is 250 g/mol. The zero-order chi connectivity index (χ0) is 13.2. The van der Waals surface area contributed by atoms with Crippen LogP contribution >= 0.6 is 11.6 Å². The van der Waals surface area contributed by atoms with E-state index in [-0.39, 0.29) is 17.2 Å². The van der Waals surface area contributed by atoms with Crippen molar-refractivity contribution in [2.75, 3.05) is 0 Å². The summed E-state index contributed by atoms with van der Waals surface area (Å²) in [5.41, 5.74) is 0.863. The first-order chi connectivity index (χ1) is 8.54. The molecule has 1 aromatic carbocycles. The molecule has 0 aromatic heterocycles. The van der Waals surface area contributed by atoms with Gasteiger partial charge in [-0.3, -0.25) is 9.59 Å². The molecule has 0 heterocycles. The van der Waals surface area contributed by atoms with E-state index in [1.807, 2.05) is 24.3 Å².